The van der Waals surface area contributed by atoms with Crippen molar-refractivity contribution in [3.63, 3.8) is 0 Å². The normalized spacial score (nSPS) is 8.17. The smallest absolute Gasteiger partial charge is 0.402 e. The highest BCUT2D eigenvalue weighted by Gasteiger charge is 1.92. The third-order valence-electron chi connectivity index (χ3n) is 0.490. The highest BCUT2D eigenvalue weighted by molar-refractivity contribution is 7.42. The van der Waals surface area contributed by atoms with Crippen molar-refractivity contribution in [3.05, 3.63) is 0 Å². The minimum absolute atomic E-state index is 0.306. The van der Waals surface area contributed by atoms with Crippen LogP contribution in [-0.4, -0.2) is 27.5 Å². The summed E-state index contributed by atoms with van der Waals surface area (Å²) in [4.78, 5) is 25.1. The van der Waals surface area contributed by atoms with Crippen molar-refractivity contribution < 1.29 is 19.7 Å². The number of nitriles is 1. The van der Waals surface area contributed by atoms with Gasteiger partial charge in [0.25, 0.3) is 0 Å². The molecule has 0 spiro atoms. The van der Waals surface area contributed by atoms with E-state index < -0.39 is 14.6 Å². The van der Waals surface area contributed by atoms with Gasteiger partial charge in [-0.15, -0.1) is 0 Å². The number of rotatable bonds is 3. The predicted octanol–water partition coefficient (Wildman–Crippen LogP) is -0.676. The van der Waals surface area contributed by atoms with E-state index in [0.717, 1.165) is 0 Å². The van der Waals surface area contributed by atoms with Gasteiger partial charge < -0.3 is 20.6 Å². The molecule has 0 aromatic heterocycles. The van der Waals surface area contributed by atoms with Crippen LogP contribution in [0.2, 0.25) is 0 Å². The topological polar surface area (TPSA) is 140 Å². The fourth-order valence-electron chi connectivity index (χ4n) is 0.212. The van der Waals surface area contributed by atoms with Gasteiger partial charge in [0.1, 0.15) is 0 Å². The van der Waals surface area contributed by atoms with E-state index in [2.05, 4.69) is 10.8 Å². The summed E-state index contributed by atoms with van der Waals surface area (Å²) in [5.41, 5.74) is 4.03. The zero-order valence-corrected chi connectivity index (χ0v) is 7.03. The van der Waals surface area contributed by atoms with Gasteiger partial charge in [-0.25, -0.2) is 9.88 Å². The third kappa shape index (κ3) is 35.7. The number of hydrogen-bond donors (Lipinski definition) is 5. The lowest BCUT2D eigenvalue weighted by Gasteiger charge is -1.98. The van der Waals surface area contributed by atoms with E-state index in [1.54, 1.807) is 0 Å². The van der Waals surface area contributed by atoms with Crippen LogP contribution in [0, 0.1) is 11.3 Å². The molecular formula is C4H10N3O4P. The second-order valence-electron chi connectivity index (χ2n) is 1.44. The van der Waals surface area contributed by atoms with Crippen LogP contribution in [0.4, 0.5) is 4.79 Å². The molecule has 6 N–H and O–H groups in total. The monoisotopic (exact) mass is 195 g/mol. The van der Waals surface area contributed by atoms with E-state index in [-0.39, 0.29) is 0 Å². The molecule has 0 unspecified atom stereocenters. The van der Waals surface area contributed by atoms with Crippen molar-refractivity contribution in [1.82, 2.24) is 5.09 Å². The minimum atomic E-state index is -2.01. The van der Waals surface area contributed by atoms with Crippen LogP contribution in [0.15, 0.2) is 0 Å². The summed E-state index contributed by atoms with van der Waals surface area (Å²) in [7, 11) is -2.01. The Balaban J connectivity index is 0. The molecule has 0 saturated carbocycles. The van der Waals surface area contributed by atoms with Crippen LogP contribution in [-0.2, 0) is 0 Å². The van der Waals surface area contributed by atoms with Crippen LogP contribution >= 0.6 is 8.53 Å². The van der Waals surface area contributed by atoms with E-state index in [4.69, 9.17) is 24.9 Å². The molecule has 0 rings (SSSR count). The molecule has 0 heterocycles. The predicted molar refractivity (Wildman–Crippen MR) is 41.8 cm³/mol. The summed E-state index contributed by atoms with van der Waals surface area (Å²) in [6, 6.07) is 1.85. The Morgan fingerprint density at radius 3 is 2.33 bits per heavy atom. The number of nitrogens with two attached hydrogens (primary N) is 1. The van der Waals surface area contributed by atoms with E-state index in [9.17, 15) is 0 Å². The van der Waals surface area contributed by atoms with Crippen LogP contribution in [0.25, 0.3) is 0 Å². The van der Waals surface area contributed by atoms with Crippen LogP contribution in [0.1, 0.15) is 6.42 Å². The van der Waals surface area contributed by atoms with E-state index in [1.165, 1.54) is 0 Å². The lowest BCUT2D eigenvalue weighted by atomic mass is 10.5. The molecule has 0 fully saturated rings. The number of nitrogens with zero attached hydrogens (tertiary/aromatic N) is 1. The average molecular weight is 195 g/mol. The van der Waals surface area contributed by atoms with E-state index >= 15 is 0 Å². The molecule has 0 aliphatic carbocycles. The molecule has 8 heteroatoms. The van der Waals surface area contributed by atoms with Crippen LogP contribution in [0.5, 0.6) is 0 Å². The molecule has 0 aliphatic heterocycles. The van der Waals surface area contributed by atoms with Crippen LogP contribution < -0.4 is 10.8 Å². The molecule has 0 bridgehead atoms. The number of carbonyl (C=O) groups is 1. The van der Waals surface area contributed by atoms with Gasteiger partial charge in [0, 0.05) is 13.0 Å². The Morgan fingerprint density at radius 2 is 2.08 bits per heavy atom. The second kappa shape index (κ2) is 10.1. The molecule has 0 saturated heterocycles. The van der Waals surface area contributed by atoms with Crippen molar-refractivity contribution in [3.8, 4) is 6.07 Å². The summed E-state index contributed by atoms with van der Waals surface area (Å²) in [6.45, 7) is 0.342. The van der Waals surface area contributed by atoms with Crippen molar-refractivity contribution in [2.45, 2.75) is 6.42 Å². The van der Waals surface area contributed by atoms with Crippen molar-refractivity contribution in [1.29, 1.82) is 5.26 Å². The maximum absolute atomic E-state index is 8.78. The molecule has 0 aliphatic rings. The standard InChI is InChI=1S/C3H7N2O2P.CH3NO2/c4-2-1-3-5-8(6)7;2-1(3)4/h5-7H,1,3H2;2H2,(H,3,4). The molecule has 0 aromatic rings. The highest BCUT2D eigenvalue weighted by atomic mass is 31.2. The molecule has 12 heavy (non-hydrogen) atoms. The third-order valence-corrected chi connectivity index (χ3v) is 0.996. The van der Waals surface area contributed by atoms with Gasteiger partial charge in [-0.3, -0.25) is 0 Å². The molecule has 0 radical (unpaired) electrons. The first-order valence-corrected chi connectivity index (χ1v) is 4.02. The molecular weight excluding hydrogens is 185 g/mol. The zero-order chi connectivity index (χ0) is 9.98. The van der Waals surface area contributed by atoms with Gasteiger partial charge in [0.2, 0.25) is 8.53 Å². The van der Waals surface area contributed by atoms with Crippen molar-refractivity contribution in [2.75, 3.05) is 6.54 Å². The molecule has 1 amide bonds. The van der Waals surface area contributed by atoms with E-state index in [1.807, 2.05) is 6.07 Å². The Bertz CT molecular complexity index is 153. The molecule has 70 valence electrons. The lowest BCUT2D eigenvalue weighted by Crippen LogP contribution is -2.06. The van der Waals surface area contributed by atoms with Gasteiger partial charge >= 0.3 is 6.09 Å². The summed E-state index contributed by atoms with van der Waals surface area (Å²) in [5, 5.41) is 17.4. The number of carboxylic acid groups (broad SMARTS) is 1. The highest BCUT2D eigenvalue weighted by Crippen LogP contribution is 2.14. The van der Waals surface area contributed by atoms with Gasteiger partial charge in [-0.1, -0.05) is 0 Å². The molecule has 0 atom stereocenters. The van der Waals surface area contributed by atoms with Crippen molar-refractivity contribution >= 4 is 14.6 Å². The molecule has 7 nitrogen and oxygen atoms in total. The first-order chi connectivity index (χ1) is 5.50. The minimum Gasteiger partial charge on any atom is -0.465 e. The summed E-state index contributed by atoms with van der Waals surface area (Å²) in [6.07, 6.45) is -1.03. The first-order valence-electron chi connectivity index (χ1n) is 2.77. The second-order valence-corrected chi connectivity index (χ2v) is 2.34. The number of primary amides is 1. The molecule has 0 aromatic carbocycles. The summed E-state index contributed by atoms with van der Waals surface area (Å²) >= 11 is 0. The lowest BCUT2D eigenvalue weighted by molar-refractivity contribution is 0.205. The summed E-state index contributed by atoms with van der Waals surface area (Å²) < 4.78 is 0. The Morgan fingerprint density at radius 1 is 1.67 bits per heavy atom. The van der Waals surface area contributed by atoms with E-state index in [0.29, 0.717) is 13.0 Å². The van der Waals surface area contributed by atoms with Crippen LogP contribution in [0.3, 0.4) is 0 Å². The average Bonchev–Trinajstić information content (AvgIpc) is 1.86. The number of amides is 1. The van der Waals surface area contributed by atoms with Gasteiger partial charge in [0.15, 0.2) is 0 Å². The maximum Gasteiger partial charge on any atom is 0.402 e. The SMILES string of the molecule is N#CCCNP(O)O.NC(=O)O. The fraction of sp³-hybridized carbons (Fsp3) is 0.500. The Hall–Kier alpha value is -0.930. The fourth-order valence-corrected chi connectivity index (χ4v) is 0.524. The zero-order valence-electron chi connectivity index (χ0n) is 6.14. The number of nitrogens with one attached hydrogen (secondary N) is 1. The first kappa shape index (κ1) is 13.6. The van der Waals surface area contributed by atoms with Gasteiger partial charge in [-0.05, 0) is 0 Å². The Labute approximate surface area is 70.4 Å². The largest absolute Gasteiger partial charge is 0.465 e. The van der Waals surface area contributed by atoms with Gasteiger partial charge in [-0.2, -0.15) is 5.26 Å². The van der Waals surface area contributed by atoms with Crippen molar-refractivity contribution in [2.24, 2.45) is 5.73 Å². The number of hydrogen-bond acceptors (Lipinski definition) is 5. The maximum atomic E-state index is 8.78. The summed E-state index contributed by atoms with van der Waals surface area (Å²) in [5.74, 6) is 0. The van der Waals surface area contributed by atoms with Gasteiger partial charge in [0.05, 0.1) is 6.07 Å². The quantitative estimate of drug-likeness (QED) is 0.298. The Kier molecular flexibility index (Phi) is 11.5.